The Morgan fingerprint density at radius 2 is 1.70 bits per heavy atom. The van der Waals surface area contributed by atoms with E-state index in [1.165, 1.54) is 36.4 Å². The fourth-order valence-corrected chi connectivity index (χ4v) is 4.86. The molecule has 0 spiro atoms. The maximum absolute atomic E-state index is 13.8. The minimum absolute atomic E-state index is 0.186. The number of rotatable bonds is 10. The van der Waals surface area contributed by atoms with Gasteiger partial charge in [0.15, 0.2) is 0 Å². The second kappa shape index (κ2) is 11.2. The van der Waals surface area contributed by atoms with Gasteiger partial charge in [0, 0.05) is 5.69 Å². The van der Waals surface area contributed by atoms with Gasteiger partial charge in [0.05, 0.1) is 17.2 Å². The van der Waals surface area contributed by atoms with Crippen LogP contribution >= 0.6 is 11.8 Å². The molecule has 0 aromatic heterocycles. The lowest BCUT2D eigenvalue weighted by atomic mass is 10.0. The van der Waals surface area contributed by atoms with Crippen molar-refractivity contribution in [2.45, 2.75) is 63.2 Å². The van der Waals surface area contributed by atoms with E-state index in [2.05, 4.69) is 6.92 Å². The number of halogens is 4. The Morgan fingerprint density at radius 1 is 1.03 bits per heavy atom. The Bertz CT molecular complexity index is 936. The summed E-state index contributed by atoms with van der Waals surface area (Å²) in [5, 5.41) is 8.49. The summed E-state index contributed by atoms with van der Waals surface area (Å²) in [5.74, 6) is -0.647. The molecule has 0 radical (unpaired) electrons. The maximum Gasteiger partial charge on any atom is 0.420 e. The molecule has 4 nitrogen and oxygen atoms in total. The van der Waals surface area contributed by atoms with Crippen molar-refractivity contribution in [2.24, 2.45) is 5.73 Å². The first kappa shape index (κ1) is 25.4. The molecule has 180 valence electrons. The molecule has 0 amide bonds. The molecule has 1 aliphatic rings. The molecule has 2 aromatic carbocycles. The molecule has 0 aliphatic carbocycles. The third-order valence-electron chi connectivity index (χ3n) is 5.56. The molecule has 33 heavy (non-hydrogen) atoms. The van der Waals surface area contributed by atoms with E-state index in [4.69, 9.17) is 15.9 Å². The van der Waals surface area contributed by atoms with E-state index in [-0.39, 0.29) is 23.1 Å². The standard InChI is InChI=1S/C24H29F4N3OS/c1-2-3-4-5-6-7-14-32-20-13-12-18(15-19(20)24(26,27)28)31-21(22(29)33-23(31)30)16-8-10-17(25)11-9-16/h8-13,15,21,23,29H,2-7,14,30H2,1H3. The van der Waals surface area contributed by atoms with Crippen molar-refractivity contribution in [1.82, 2.24) is 0 Å². The van der Waals surface area contributed by atoms with Gasteiger partial charge in [-0.1, -0.05) is 62.9 Å². The van der Waals surface area contributed by atoms with Gasteiger partial charge >= 0.3 is 6.18 Å². The number of hydrogen-bond acceptors (Lipinski definition) is 5. The van der Waals surface area contributed by atoms with Gasteiger partial charge in [-0.05, 0) is 42.3 Å². The molecular formula is C24H29F4N3OS. The number of ether oxygens (including phenoxy) is 1. The van der Waals surface area contributed by atoms with Crippen LogP contribution in [0.15, 0.2) is 42.5 Å². The zero-order valence-electron chi connectivity index (χ0n) is 18.5. The minimum atomic E-state index is -4.61. The van der Waals surface area contributed by atoms with Crippen molar-refractivity contribution in [3.05, 3.63) is 59.4 Å². The summed E-state index contributed by atoms with van der Waals surface area (Å²) in [7, 11) is 0. The van der Waals surface area contributed by atoms with Gasteiger partial charge < -0.3 is 15.4 Å². The highest BCUT2D eigenvalue weighted by Gasteiger charge is 2.40. The number of benzene rings is 2. The molecule has 2 atom stereocenters. The Balaban J connectivity index is 1.81. The fourth-order valence-electron chi connectivity index (χ4n) is 3.87. The number of nitrogens with zero attached hydrogens (tertiary/aromatic N) is 1. The van der Waals surface area contributed by atoms with Gasteiger partial charge in [-0.3, -0.25) is 5.41 Å². The molecule has 3 N–H and O–H groups in total. The van der Waals surface area contributed by atoms with Crippen molar-refractivity contribution in [2.75, 3.05) is 11.5 Å². The molecule has 1 saturated heterocycles. The van der Waals surface area contributed by atoms with E-state index in [1.54, 1.807) is 4.90 Å². The summed E-state index contributed by atoms with van der Waals surface area (Å²) in [6, 6.07) is 8.72. The lowest BCUT2D eigenvalue weighted by Gasteiger charge is -2.30. The molecule has 0 bridgehead atoms. The first-order chi connectivity index (χ1) is 15.7. The molecule has 9 heteroatoms. The van der Waals surface area contributed by atoms with E-state index in [0.717, 1.165) is 49.9 Å². The lowest BCUT2D eigenvalue weighted by Crippen LogP contribution is -2.37. The van der Waals surface area contributed by atoms with E-state index < -0.39 is 29.1 Å². The van der Waals surface area contributed by atoms with Crippen LogP contribution in [0.4, 0.5) is 23.2 Å². The molecule has 2 unspecified atom stereocenters. The molecule has 1 heterocycles. The van der Waals surface area contributed by atoms with Crippen molar-refractivity contribution in [3.63, 3.8) is 0 Å². The normalized spacial score (nSPS) is 18.7. The van der Waals surface area contributed by atoms with E-state index in [9.17, 15) is 17.6 Å². The highest BCUT2D eigenvalue weighted by atomic mass is 32.2. The number of nitrogens with two attached hydrogens (primary N) is 1. The van der Waals surface area contributed by atoms with Crippen LogP contribution in [0.2, 0.25) is 0 Å². The summed E-state index contributed by atoms with van der Waals surface area (Å²) in [4.78, 5) is 1.55. The Labute approximate surface area is 196 Å². The average molecular weight is 484 g/mol. The number of unbranched alkanes of at least 4 members (excludes halogenated alkanes) is 5. The van der Waals surface area contributed by atoms with Crippen LogP contribution < -0.4 is 15.4 Å². The number of thioether (sulfide) groups is 1. The Morgan fingerprint density at radius 3 is 2.36 bits per heavy atom. The summed E-state index contributed by atoms with van der Waals surface area (Å²) >= 11 is 1.05. The average Bonchev–Trinajstić information content (AvgIpc) is 3.06. The topological polar surface area (TPSA) is 62.3 Å². The third-order valence-corrected chi connectivity index (χ3v) is 6.50. The summed E-state index contributed by atoms with van der Waals surface area (Å²) in [6.07, 6.45) is 1.47. The lowest BCUT2D eigenvalue weighted by molar-refractivity contribution is -0.138. The second-order valence-electron chi connectivity index (χ2n) is 8.03. The first-order valence-corrected chi connectivity index (χ1v) is 12.0. The number of nitrogens with one attached hydrogen (secondary N) is 1. The van der Waals surface area contributed by atoms with Crippen molar-refractivity contribution in [1.29, 1.82) is 5.41 Å². The maximum atomic E-state index is 13.8. The van der Waals surface area contributed by atoms with Crippen LogP contribution in [0.1, 0.15) is 62.6 Å². The van der Waals surface area contributed by atoms with Crippen LogP contribution in [0.5, 0.6) is 5.75 Å². The molecule has 3 rings (SSSR count). The van der Waals surface area contributed by atoms with E-state index >= 15 is 0 Å². The Hall–Kier alpha value is -2.26. The molecule has 1 fully saturated rings. The van der Waals surface area contributed by atoms with Gasteiger partial charge in [0.1, 0.15) is 23.1 Å². The van der Waals surface area contributed by atoms with E-state index in [1.807, 2.05) is 0 Å². The van der Waals surface area contributed by atoms with Crippen LogP contribution in [-0.4, -0.2) is 17.1 Å². The van der Waals surface area contributed by atoms with Crippen LogP contribution in [0, 0.1) is 11.2 Å². The summed E-state index contributed by atoms with van der Waals surface area (Å²) < 4.78 is 60.4. The smallest absolute Gasteiger partial charge is 0.420 e. The van der Waals surface area contributed by atoms with Crippen LogP contribution in [0.25, 0.3) is 0 Å². The van der Waals surface area contributed by atoms with Crippen LogP contribution in [0.3, 0.4) is 0 Å². The van der Waals surface area contributed by atoms with E-state index in [0.29, 0.717) is 12.0 Å². The number of alkyl halides is 3. The quantitative estimate of drug-likeness (QED) is 0.280. The van der Waals surface area contributed by atoms with Gasteiger partial charge in [-0.25, -0.2) is 4.39 Å². The predicted octanol–water partition coefficient (Wildman–Crippen LogP) is 7.10. The first-order valence-electron chi connectivity index (χ1n) is 11.1. The summed E-state index contributed by atoms with van der Waals surface area (Å²) in [6.45, 7) is 2.35. The molecular weight excluding hydrogens is 454 g/mol. The third kappa shape index (κ3) is 6.41. The second-order valence-corrected chi connectivity index (χ2v) is 9.19. The Kier molecular flexibility index (Phi) is 8.64. The fraction of sp³-hybridized carbons (Fsp3) is 0.458. The van der Waals surface area contributed by atoms with Gasteiger partial charge in [-0.2, -0.15) is 13.2 Å². The zero-order chi connectivity index (χ0) is 24.0. The highest BCUT2D eigenvalue weighted by Crippen LogP contribution is 2.45. The number of anilines is 1. The highest BCUT2D eigenvalue weighted by molar-refractivity contribution is 8.14. The van der Waals surface area contributed by atoms with Crippen LogP contribution in [-0.2, 0) is 6.18 Å². The van der Waals surface area contributed by atoms with Gasteiger partial charge in [0.2, 0.25) is 0 Å². The SMILES string of the molecule is CCCCCCCCOc1ccc(N2C(N)SC(=N)C2c2ccc(F)cc2)cc1C(F)(F)F. The molecule has 0 saturated carbocycles. The molecule has 2 aromatic rings. The van der Waals surface area contributed by atoms with Crippen molar-refractivity contribution < 1.29 is 22.3 Å². The summed E-state index contributed by atoms with van der Waals surface area (Å²) in [5.41, 5.74) is 5.35. The number of hydrogen-bond donors (Lipinski definition) is 2. The predicted molar refractivity (Wildman–Crippen MR) is 125 cm³/mol. The van der Waals surface area contributed by atoms with Gasteiger partial charge in [-0.15, -0.1) is 0 Å². The molecule has 1 aliphatic heterocycles. The zero-order valence-corrected chi connectivity index (χ0v) is 19.3. The monoisotopic (exact) mass is 483 g/mol. The van der Waals surface area contributed by atoms with Gasteiger partial charge in [0.25, 0.3) is 0 Å². The largest absolute Gasteiger partial charge is 0.493 e. The van der Waals surface area contributed by atoms with Crippen molar-refractivity contribution >= 4 is 22.5 Å². The minimum Gasteiger partial charge on any atom is -0.493 e. The van der Waals surface area contributed by atoms with Crippen molar-refractivity contribution in [3.8, 4) is 5.75 Å².